The lowest BCUT2D eigenvalue weighted by Gasteiger charge is -2.55. The molecule has 2 aliphatic carbocycles. The maximum Gasteiger partial charge on any atom is 0.202 e. The lowest BCUT2D eigenvalue weighted by Crippen LogP contribution is -2.64. The van der Waals surface area contributed by atoms with Gasteiger partial charge in [-0.05, 0) is 36.7 Å². The summed E-state index contributed by atoms with van der Waals surface area (Å²) >= 11 is 0. The third-order valence-electron chi connectivity index (χ3n) is 5.91. The van der Waals surface area contributed by atoms with Gasteiger partial charge in [-0.25, -0.2) is 0 Å². The molecule has 1 spiro atoms. The second kappa shape index (κ2) is 4.94. The van der Waals surface area contributed by atoms with Gasteiger partial charge in [-0.1, -0.05) is 18.2 Å². The van der Waals surface area contributed by atoms with E-state index in [-0.39, 0.29) is 11.5 Å². The van der Waals surface area contributed by atoms with Crippen molar-refractivity contribution in [3.05, 3.63) is 41.0 Å². The molecule has 0 aromatic heterocycles. The van der Waals surface area contributed by atoms with Gasteiger partial charge >= 0.3 is 0 Å². The number of rotatable bonds is 2. The lowest BCUT2D eigenvalue weighted by molar-refractivity contribution is -0.178. The Labute approximate surface area is 141 Å². The topological polar surface area (TPSA) is 59.0 Å². The van der Waals surface area contributed by atoms with Crippen molar-refractivity contribution in [2.75, 3.05) is 27.8 Å². The molecule has 1 heterocycles. The van der Waals surface area contributed by atoms with E-state index in [0.29, 0.717) is 18.7 Å². The van der Waals surface area contributed by atoms with Crippen molar-refractivity contribution in [3.8, 4) is 11.5 Å². The first-order valence-corrected chi connectivity index (χ1v) is 8.10. The van der Waals surface area contributed by atoms with E-state index in [1.54, 1.807) is 26.4 Å². The van der Waals surface area contributed by atoms with Crippen LogP contribution in [0.4, 0.5) is 0 Å². The van der Waals surface area contributed by atoms with E-state index < -0.39 is 11.1 Å². The summed E-state index contributed by atoms with van der Waals surface area (Å²) in [7, 11) is 5.04. The number of piperidine rings is 1. The second-order valence-electron chi connectivity index (χ2n) is 6.80. The minimum atomic E-state index is -0.973. The molecule has 1 saturated heterocycles. The summed E-state index contributed by atoms with van der Waals surface area (Å²) < 4.78 is 11.0. The third kappa shape index (κ3) is 1.69. The summed E-state index contributed by atoms with van der Waals surface area (Å²) in [6.07, 6.45) is 6.94. The highest BCUT2D eigenvalue weighted by atomic mass is 16.5. The number of ether oxygens (including phenoxy) is 2. The average Bonchev–Trinajstić information content (AvgIpc) is 2.59. The van der Waals surface area contributed by atoms with Crippen molar-refractivity contribution in [2.24, 2.45) is 0 Å². The van der Waals surface area contributed by atoms with Crippen LogP contribution in [0.1, 0.15) is 24.0 Å². The fraction of sp³-hybridized carbons (Fsp3) is 0.421. The summed E-state index contributed by atoms with van der Waals surface area (Å²) in [6.45, 7) is 0.709. The first-order valence-electron chi connectivity index (χ1n) is 8.10. The van der Waals surface area contributed by atoms with Crippen molar-refractivity contribution in [3.63, 3.8) is 0 Å². The highest BCUT2D eigenvalue weighted by Crippen LogP contribution is 2.57. The van der Waals surface area contributed by atoms with Crippen LogP contribution in [0.25, 0.3) is 6.08 Å². The molecule has 0 unspecified atom stereocenters. The number of hydrogen-bond acceptors (Lipinski definition) is 5. The average molecular weight is 327 g/mol. The van der Waals surface area contributed by atoms with Crippen LogP contribution < -0.4 is 4.74 Å². The SMILES string of the molecule is COc1ccc2c(c1O)[C@@]13CCN(C)[C@@](OC)(C1)C(=O)C=C3C=C2. The number of methoxy groups -OCH3 is 2. The molecule has 5 nitrogen and oxygen atoms in total. The fourth-order valence-corrected chi connectivity index (χ4v) is 4.55. The number of benzene rings is 1. The monoisotopic (exact) mass is 327 g/mol. The van der Waals surface area contributed by atoms with Crippen LogP contribution in [-0.2, 0) is 14.9 Å². The van der Waals surface area contributed by atoms with E-state index in [1.165, 1.54) is 0 Å². The number of carbonyl (C=O) groups excluding carboxylic acids is 1. The molecular weight excluding hydrogens is 306 g/mol. The van der Waals surface area contributed by atoms with Gasteiger partial charge in [0, 0.05) is 31.1 Å². The van der Waals surface area contributed by atoms with Gasteiger partial charge in [0.05, 0.1) is 7.11 Å². The summed E-state index contributed by atoms with van der Waals surface area (Å²) in [5.74, 6) is 0.582. The Bertz CT molecular complexity index is 797. The second-order valence-corrected chi connectivity index (χ2v) is 6.80. The Morgan fingerprint density at radius 3 is 2.75 bits per heavy atom. The highest BCUT2D eigenvalue weighted by Gasteiger charge is 2.58. The Kier molecular flexibility index (Phi) is 3.18. The van der Waals surface area contributed by atoms with Crippen LogP contribution in [0.3, 0.4) is 0 Å². The van der Waals surface area contributed by atoms with Gasteiger partial charge in [-0.2, -0.15) is 0 Å². The largest absolute Gasteiger partial charge is 0.504 e. The zero-order chi connectivity index (χ0) is 17.1. The van der Waals surface area contributed by atoms with E-state index in [1.807, 2.05) is 30.2 Å². The smallest absolute Gasteiger partial charge is 0.202 e. The van der Waals surface area contributed by atoms with Crippen molar-refractivity contribution < 1.29 is 19.4 Å². The molecule has 5 heteroatoms. The molecule has 3 aliphatic rings. The molecule has 126 valence electrons. The quantitative estimate of drug-likeness (QED) is 0.903. The number of allylic oxidation sites excluding steroid dienone is 2. The van der Waals surface area contributed by atoms with Gasteiger partial charge in [0.2, 0.25) is 5.78 Å². The molecule has 4 rings (SSSR count). The zero-order valence-electron chi connectivity index (χ0n) is 14.1. The number of nitrogens with zero attached hydrogens (tertiary/aromatic N) is 1. The highest BCUT2D eigenvalue weighted by molar-refractivity contribution is 6.00. The van der Waals surface area contributed by atoms with Crippen molar-refractivity contribution in [1.29, 1.82) is 0 Å². The zero-order valence-corrected chi connectivity index (χ0v) is 14.1. The molecule has 2 bridgehead atoms. The van der Waals surface area contributed by atoms with Gasteiger partial charge in [0.25, 0.3) is 0 Å². The lowest BCUT2D eigenvalue weighted by atomic mass is 9.58. The molecule has 1 aliphatic heterocycles. The molecule has 0 saturated carbocycles. The Hall–Kier alpha value is -2.11. The minimum Gasteiger partial charge on any atom is -0.504 e. The standard InChI is InChI=1S/C19H21NO4/c1-20-9-8-18-11-19(20,24-3)15(21)10-13(18)6-4-12-5-7-14(23-2)17(22)16(12)18/h4-7,10,22H,8-9,11H2,1-3H3/t18-,19+/m0/s1. The Balaban J connectivity index is 2.01. The molecule has 1 fully saturated rings. The van der Waals surface area contributed by atoms with E-state index in [9.17, 15) is 9.90 Å². The molecule has 1 aromatic carbocycles. The molecule has 24 heavy (non-hydrogen) atoms. The van der Waals surface area contributed by atoms with Gasteiger partial charge in [0.1, 0.15) is 0 Å². The molecule has 0 amide bonds. The molecule has 0 radical (unpaired) electrons. The first kappa shape index (κ1) is 15.4. The van der Waals surface area contributed by atoms with E-state index in [0.717, 1.165) is 23.1 Å². The summed E-state index contributed by atoms with van der Waals surface area (Å²) in [5.41, 5.74) is 1.36. The van der Waals surface area contributed by atoms with Crippen molar-refractivity contribution in [1.82, 2.24) is 4.90 Å². The van der Waals surface area contributed by atoms with Crippen LogP contribution in [-0.4, -0.2) is 49.3 Å². The van der Waals surface area contributed by atoms with Crippen LogP contribution in [0.2, 0.25) is 0 Å². The summed E-state index contributed by atoms with van der Waals surface area (Å²) in [5, 5.41) is 10.8. The Morgan fingerprint density at radius 2 is 2.04 bits per heavy atom. The maximum absolute atomic E-state index is 12.8. The number of aromatic hydroxyl groups is 1. The van der Waals surface area contributed by atoms with Gasteiger partial charge in [0.15, 0.2) is 17.2 Å². The van der Waals surface area contributed by atoms with Gasteiger partial charge in [-0.3, -0.25) is 9.69 Å². The fourth-order valence-electron chi connectivity index (χ4n) is 4.55. The van der Waals surface area contributed by atoms with Crippen molar-refractivity contribution in [2.45, 2.75) is 24.0 Å². The van der Waals surface area contributed by atoms with Crippen LogP contribution in [0.15, 0.2) is 29.9 Å². The van der Waals surface area contributed by atoms with E-state index in [4.69, 9.17) is 9.47 Å². The minimum absolute atomic E-state index is 0.0340. The number of likely N-dealkylation sites (tertiary alicyclic amines) is 1. The normalized spacial score (nSPS) is 31.3. The molecular formula is C19H21NO4. The predicted octanol–water partition coefficient (Wildman–Crippen LogP) is 2.24. The number of hydrogen-bond donors (Lipinski definition) is 1. The number of carbonyl (C=O) groups is 1. The van der Waals surface area contributed by atoms with E-state index in [2.05, 4.69) is 0 Å². The molecule has 2 atom stereocenters. The number of likely N-dealkylation sites (N-methyl/N-ethyl adjacent to an activating group) is 1. The van der Waals surface area contributed by atoms with E-state index >= 15 is 0 Å². The number of phenolic OH excluding ortho intramolecular Hbond substituents is 1. The predicted molar refractivity (Wildman–Crippen MR) is 90.1 cm³/mol. The molecule has 1 aromatic rings. The van der Waals surface area contributed by atoms with Crippen LogP contribution in [0.5, 0.6) is 11.5 Å². The molecule has 1 N–H and O–H groups in total. The Morgan fingerprint density at radius 1 is 1.25 bits per heavy atom. The third-order valence-corrected chi connectivity index (χ3v) is 5.91. The summed E-state index contributed by atoms with van der Waals surface area (Å²) in [6, 6.07) is 3.73. The number of phenols is 1. The number of fused-ring (bicyclic) bond motifs is 2. The van der Waals surface area contributed by atoms with Crippen molar-refractivity contribution >= 4 is 11.9 Å². The van der Waals surface area contributed by atoms with Gasteiger partial charge in [-0.15, -0.1) is 0 Å². The van der Waals surface area contributed by atoms with Gasteiger partial charge < -0.3 is 14.6 Å². The van der Waals surface area contributed by atoms with Crippen LogP contribution >= 0.6 is 0 Å². The van der Waals surface area contributed by atoms with Crippen LogP contribution in [0, 0.1) is 0 Å². The summed E-state index contributed by atoms with van der Waals surface area (Å²) in [4.78, 5) is 14.8. The first-order chi connectivity index (χ1) is 11.5. The number of ketones is 1. The maximum atomic E-state index is 12.8.